The van der Waals surface area contributed by atoms with E-state index >= 15 is 0 Å². The fourth-order valence-corrected chi connectivity index (χ4v) is 6.51. The Balaban J connectivity index is 1.37. The molecule has 5 rings (SSSR count). The van der Waals surface area contributed by atoms with Crippen LogP contribution in [-0.4, -0.2) is 93.3 Å². The number of methoxy groups -OCH3 is 1. The van der Waals surface area contributed by atoms with Crippen molar-refractivity contribution in [1.29, 1.82) is 0 Å². The average Bonchev–Trinajstić information content (AvgIpc) is 3.37. The SMILES string of the molecule is COC(C)CNc1cc(N2CCN(C)CC2)ccc1C(=O)Nc1n[nH]c2c1CN(S(=O)(=O)c1cc(F)cc(F)c1)CC2. The third-order valence-corrected chi connectivity index (χ3v) is 9.53. The highest BCUT2D eigenvalue weighted by atomic mass is 32.2. The first-order chi connectivity index (χ1) is 20.0. The van der Waals surface area contributed by atoms with Gasteiger partial charge in [0.05, 0.1) is 16.6 Å². The second kappa shape index (κ2) is 12.3. The van der Waals surface area contributed by atoms with Gasteiger partial charge in [0.25, 0.3) is 5.91 Å². The highest BCUT2D eigenvalue weighted by Gasteiger charge is 2.32. The second-order valence-electron chi connectivity index (χ2n) is 10.6. The fraction of sp³-hybridized carbons (Fsp3) is 0.429. The van der Waals surface area contributed by atoms with Crippen LogP contribution in [0.5, 0.6) is 0 Å². The molecule has 0 bridgehead atoms. The van der Waals surface area contributed by atoms with E-state index in [0.29, 0.717) is 35.1 Å². The van der Waals surface area contributed by atoms with Crippen molar-refractivity contribution in [2.24, 2.45) is 0 Å². The zero-order chi connectivity index (χ0) is 30.0. The molecule has 3 aromatic rings. The summed E-state index contributed by atoms with van der Waals surface area (Å²) in [6, 6.07) is 7.82. The Kier molecular flexibility index (Phi) is 8.78. The van der Waals surface area contributed by atoms with E-state index in [2.05, 4.69) is 37.7 Å². The largest absolute Gasteiger partial charge is 0.382 e. The van der Waals surface area contributed by atoms with Crippen molar-refractivity contribution in [3.05, 3.63) is 64.9 Å². The number of carbonyl (C=O) groups is 1. The maximum absolute atomic E-state index is 13.8. The molecule has 1 unspecified atom stereocenters. The van der Waals surface area contributed by atoms with E-state index in [0.717, 1.165) is 48.3 Å². The summed E-state index contributed by atoms with van der Waals surface area (Å²) in [7, 11) is -0.488. The number of benzene rings is 2. The molecule has 226 valence electrons. The summed E-state index contributed by atoms with van der Waals surface area (Å²) in [5.41, 5.74) is 3.20. The predicted octanol–water partition coefficient (Wildman–Crippen LogP) is 2.89. The van der Waals surface area contributed by atoms with E-state index in [1.54, 1.807) is 13.2 Å². The van der Waals surface area contributed by atoms with Crippen molar-refractivity contribution >= 4 is 33.1 Å². The Hall–Kier alpha value is -3.59. The standard InChI is InChI=1S/C28H35F2N7O4S/c1-18(41-3)16-31-26-15-21(36-10-8-35(2)9-11-36)4-5-23(26)28(38)32-27-24-17-37(7-6-25(24)33-34-27)42(39,40)22-13-19(29)12-20(30)14-22/h4-5,12-15,18,31H,6-11,16-17H2,1-3H3,(H2,32,33,34,38). The number of halogens is 2. The Bertz CT molecular complexity index is 1540. The van der Waals surface area contributed by atoms with Gasteiger partial charge in [-0.2, -0.15) is 9.40 Å². The van der Waals surface area contributed by atoms with Gasteiger partial charge >= 0.3 is 0 Å². The molecule has 2 aromatic carbocycles. The van der Waals surface area contributed by atoms with Crippen molar-refractivity contribution in [1.82, 2.24) is 19.4 Å². The number of rotatable bonds is 9. The number of hydrogen-bond acceptors (Lipinski definition) is 8. The molecular formula is C28H35F2N7O4S. The van der Waals surface area contributed by atoms with Crippen LogP contribution < -0.4 is 15.5 Å². The number of aromatic amines is 1. The lowest BCUT2D eigenvalue weighted by molar-refractivity contribution is 0.102. The highest BCUT2D eigenvalue weighted by molar-refractivity contribution is 7.89. The molecule has 0 spiro atoms. The van der Waals surface area contributed by atoms with E-state index in [1.807, 2.05) is 19.1 Å². The first-order valence-electron chi connectivity index (χ1n) is 13.7. The number of likely N-dealkylation sites (N-methyl/N-ethyl adjacent to an activating group) is 1. The topological polar surface area (TPSA) is 123 Å². The molecule has 11 nitrogen and oxygen atoms in total. The lowest BCUT2D eigenvalue weighted by Gasteiger charge is -2.34. The Labute approximate surface area is 243 Å². The zero-order valence-corrected chi connectivity index (χ0v) is 24.6. The summed E-state index contributed by atoms with van der Waals surface area (Å²) in [6.45, 7) is 5.99. The predicted molar refractivity (Wildman–Crippen MR) is 155 cm³/mol. The van der Waals surface area contributed by atoms with Crippen LogP contribution >= 0.6 is 0 Å². The molecule has 0 saturated carbocycles. The van der Waals surface area contributed by atoms with E-state index in [-0.39, 0.29) is 31.4 Å². The number of fused-ring (bicyclic) bond motifs is 1. The summed E-state index contributed by atoms with van der Waals surface area (Å²) < 4.78 is 60.5. The van der Waals surface area contributed by atoms with Gasteiger partial charge in [0.2, 0.25) is 10.0 Å². The number of nitrogens with zero attached hydrogens (tertiary/aromatic N) is 4. The number of amides is 1. The van der Waals surface area contributed by atoms with Crippen molar-refractivity contribution in [3.8, 4) is 0 Å². The van der Waals surface area contributed by atoms with Crippen LogP contribution in [0.4, 0.5) is 26.0 Å². The smallest absolute Gasteiger partial charge is 0.258 e. The minimum absolute atomic E-state index is 0.0859. The molecule has 0 aliphatic carbocycles. The van der Waals surface area contributed by atoms with Gasteiger partial charge in [-0.25, -0.2) is 17.2 Å². The maximum Gasteiger partial charge on any atom is 0.258 e. The summed E-state index contributed by atoms with van der Waals surface area (Å²) in [4.78, 5) is 17.6. The third-order valence-electron chi connectivity index (χ3n) is 7.70. The molecule has 0 radical (unpaired) electrons. The molecular weight excluding hydrogens is 568 g/mol. The molecule has 42 heavy (non-hydrogen) atoms. The number of sulfonamides is 1. The Morgan fingerprint density at radius 3 is 2.50 bits per heavy atom. The first-order valence-corrected chi connectivity index (χ1v) is 15.2. The summed E-state index contributed by atoms with van der Waals surface area (Å²) in [5, 5.41) is 13.3. The van der Waals surface area contributed by atoms with Crippen LogP contribution in [0, 0.1) is 11.6 Å². The molecule has 1 atom stereocenters. The summed E-state index contributed by atoms with van der Waals surface area (Å²) in [5.74, 6) is -2.19. The number of anilines is 3. The molecule has 14 heteroatoms. The highest BCUT2D eigenvalue weighted by Crippen LogP contribution is 2.30. The van der Waals surface area contributed by atoms with Gasteiger partial charge < -0.3 is 25.2 Å². The minimum Gasteiger partial charge on any atom is -0.382 e. The zero-order valence-electron chi connectivity index (χ0n) is 23.8. The number of piperazine rings is 1. The fourth-order valence-electron chi connectivity index (χ4n) is 5.06. The quantitative estimate of drug-likeness (QED) is 0.341. The normalized spacial score (nSPS) is 17.1. The Morgan fingerprint density at radius 2 is 1.81 bits per heavy atom. The van der Waals surface area contributed by atoms with Crippen LogP contribution in [0.2, 0.25) is 0 Å². The lowest BCUT2D eigenvalue weighted by atomic mass is 10.1. The maximum atomic E-state index is 13.8. The second-order valence-corrected chi connectivity index (χ2v) is 12.6. The van der Waals surface area contributed by atoms with Gasteiger partial charge in [0.15, 0.2) is 5.82 Å². The third kappa shape index (κ3) is 6.41. The van der Waals surface area contributed by atoms with Gasteiger partial charge in [0.1, 0.15) is 11.6 Å². The van der Waals surface area contributed by atoms with Crippen LogP contribution in [0.3, 0.4) is 0 Å². The summed E-state index contributed by atoms with van der Waals surface area (Å²) >= 11 is 0. The molecule has 2 aliphatic heterocycles. The minimum atomic E-state index is -4.20. The van der Waals surface area contributed by atoms with Crippen LogP contribution in [0.15, 0.2) is 41.3 Å². The molecule has 1 amide bonds. The van der Waals surface area contributed by atoms with E-state index in [1.165, 1.54) is 0 Å². The van der Waals surface area contributed by atoms with E-state index in [4.69, 9.17) is 4.74 Å². The Morgan fingerprint density at radius 1 is 1.10 bits per heavy atom. The van der Waals surface area contributed by atoms with Crippen molar-refractivity contribution in [2.75, 3.05) is 69.0 Å². The molecule has 1 saturated heterocycles. The van der Waals surface area contributed by atoms with Crippen molar-refractivity contribution in [3.63, 3.8) is 0 Å². The number of H-pyrrole nitrogens is 1. The van der Waals surface area contributed by atoms with Gasteiger partial charge in [-0.05, 0) is 44.3 Å². The van der Waals surface area contributed by atoms with Crippen LogP contribution in [-0.2, 0) is 27.7 Å². The van der Waals surface area contributed by atoms with Crippen LogP contribution in [0.1, 0.15) is 28.5 Å². The number of ether oxygens (including phenoxy) is 1. The lowest BCUT2D eigenvalue weighted by Crippen LogP contribution is -2.44. The van der Waals surface area contributed by atoms with Gasteiger partial charge in [0, 0.05) is 88.0 Å². The average molecular weight is 604 g/mol. The number of carbonyl (C=O) groups excluding carboxylic acids is 1. The molecule has 1 fully saturated rings. The van der Waals surface area contributed by atoms with Crippen molar-refractivity contribution in [2.45, 2.75) is 30.9 Å². The number of aromatic nitrogens is 2. The van der Waals surface area contributed by atoms with Gasteiger partial charge in [-0.3, -0.25) is 9.89 Å². The first kappa shape index (κ1) is 29.9. The number of nitrogens with one attached hydrogen (secondary N) is 3. The molecule has 3 heterocycles. The van der Waals surface area contributed by atoms with E-state index < -0.39 is 32.5 Å². The summed E-state index contributed by atoms with van der Waals surface area (Å²) in [6.07, 6.45) is 0.197. The molecule has 3 N–H and O–H groups in total. The van der Waals surface area contributed by atoms with Crippen molar-refractivity contribution < 1.29 is 26.7 Å². The molecule has 2 aliphatic rings. The van der Waals surface area contributed by atoms with E-state index in [9.17, 15) is 22.0 Å². The monoisotopic (exact) mass is 603 g/mol. The van der Waals surface area contributed by atoms with Crippen LogP contribution in [0.25, 0.3) is 0 Å². The van der Waals surface area contributed by atoms with Gasteiger partial charge in [-0.1, -0.05) is 0 Å². The number of hydrogen-bond donors (Lipinski definition) is 3. The van der Waals surface area contributed by atoms with Gasteiger partial charge in [-0.15, -0.1) is 0 Å². The molecule has 1 aromatic heterocycles.